The van der Waals surface area contributed by atoms with E-state index in [9.17, 15) is 17.6 Å². The molecule has 1 nitrogen and oxygen atoms in total. The van der Waals surface area contributed by atoms with E-state index in [-0.39, 0.29) is 11.1 Å². The van der Waals surface area contributed by atoms with Crippen LogP contribution >= 0.6 is 0 Å². The Bertz CT molecular complexity index is 781. The van der Waals surface area contributed by atoms with Gasteiger partial charge in [0.2, 0.25) is 0 Å². The molecular formula is C21H21F4N. The molecule has 0 atom stereocenters. The zero-order chi connectivity index (χ0) is 19.7. The maximum Gasteiger partial charge on any atom is 0.198 e. The molecule has 0 radical (unpaired) electrons. The lowest BCUT2D eigenvalue weighted by Gasteiger charge is -2.05. The summed E-state index contributed by atoms with van der Waals surface area (Å²) in [6.07, 6.45) is 4.00. The van der Waals surface area contributed by atoms with E-state index in [0.717, 1.165) is 18.5 Å². The topological polar surface area (TPSA) is 12.9 Å². The molecule has 0 amide bonds. The number of benzene rings is 2. The lowest BCUT2D eigenvalue weighted by molar-refractivity contribution is 0.405. The Balaban J connectivity index is 0.000000231. The molecule has 1 heterocycles. The molecule has 0 unspecified atom stereocenters. The third-order valence-electron chi connectivity index (χ3n) is 3.26. The molecule has 0 aliphatic rings. The zero-order valence-corrected chi connectivity index (χ0v) is 15.0. The molecular weight excluding hydrogens is 342 g/mol. The van der Waals surface area contributed by atoms with E-state index >= 15 is 0 Å². The van der Waals surface area contributed by atoms with Crippen LogP contribution in [0.5, 0.6) is 0 Å². The van der Waals surface area contributed by atoms with Crippen LogP contribution in [-0.4, -0.2) is 4.98 Å². The average Bonchev–Trinajstić information content (AvgIpc) is 2.66. The Hall–Kier alpha value is -2.69. The summed E-state index contributed by atoms with van der Waals surface area (Å²) in [7, 11) is 0. The van der Waals surface area contributed by atoms with E-state index in [4.69, 9.17) is 0 Å². The van der Waals surface area contributed by atoms with Gasteiger partial charge in [0.05, 0.1) is 5.52 Å². The molecule has 0 aliphatic heterocycles. The summed E-state index contributed by atoms with van der Waals surface area (Å²) in [6.45, 7) is 8.57. The van der Waals surface area contributed by atoms with Crippen LogP contribution in [0.3, 0.4) is 0 Å². The minimum atomic E-state index is -1.81. The number of para-hydroxylation sites is 1. The van der Waals surface area contributed by atoms with Crippen LogP contribution in [0.25, 0.3) is 17.0 Å². The normalized spacial score (nSPS) is 9.65. The van der Waals surface area contributed by atoms with E-state index in [1.54, 1.807) is 0 Å². The summed E-state index contributed by atoms with van der Waals surface area (Å²) in [4.78, 5) is 4.18. The highest BCUT2D eigenvalue weighted by atomic mass is 19.2. The van der Waals surface area contributed by atoms with Gasteiger partial charge in [-0.05, 0) is 24.6 Å². The number of pyridine rings is 1. The quantitative estimate of drug-likeness (QED) is 0.262. The number of nitrogens with zero attached hydrogens (tertiary/aromatic N) is 1. The summed E-state index contributed by atoms with van der Waals surface area (Å²) >= 11 is 0. The number of fused-ring (bicyclic) bond motifs is 1. The monoisotopic (exact) mass is 363 g/mol. The molecule has 5 heteroatoms. The standard InChI is InChI=1S/C9H6F4.C9H7N.C3H8/c1-3-5-4(2)6(10)8(12)9(13)7(5)11;1-2-6-9-8(4-1)5-3-7-10-9;1-3-2/h3H,1H2,2H3;1-7H;3H2,1-2H3. The molecule has 2 aromatic carbocycles. The molecule has 0 fully saturated rings. The van der Waals surface area contributed by atoms with Crippen LogP contribution in [0.1, 0.15) is 31.4 Å². The van der Waals surface area contributed by atoms with Crippen molar-refractivity contribution in [3.05, 3.63) is 83.6 Å². The Morgan fingerprint density at radius 2 is 1.42 bits per heavy atom. The zero-order valence-electron chi connectivity index (χ0n) is 15.0. The smallest absolute Gasteiger partial charge is 0.198 e. The number of hydrogen-bond acceptors (Lipinski definition) is 1. The van der Waals surface area contributed by atoms with Crippen molar-refractivity contribution in [3.63, 3.8) is 0 Å². The summed E-state index contributed by atoms with van der Waals surface area (Å²) in [5, 5.41) is 1.20. The van der Waals surface area contributed by atoms with E-state index in [1.807, 2.05) is 30.5 Å². The van der Waals surface area contributed by atoms with Crippen LogP contribution < -0.4 is 0 Å². The van der Waals surface area contributed by atoms with Crippen molar-refractivity contribution in [2.24, 2.45) is 0 Å². The summed E-state index contributed by atoms with van der Waals surface area (Å²) in [5.74, 6) is -6.39. The highest BCUT2D eigenvalue weighted by Crippen LogP contribution is 2.23. The molecule has 0 saturated heterocycles. The molecule has 1 aromatic heterocycles. The Morgan fingerprint density at radius 1 is 0.885 bits per heavy atom. The van der Waals surface area contributed by atoms with Crippen LogP contribution in [0, 0.1) is 30.2 Å². The van der Waals surface area contributed by atoms with Gasteiger partial charge in [-0.1, -0.05) is 57.2 Å². The Kier molecular flexibility index (Phi) is 8.49. The Labute approximate surface area is 151 Å². The second-order valence-electron chi connectivity index (χ2n) is 5.40. The third-order valence-corrected chi connectivity index (χ3v) is 3.26. The van der Waals surface area contributed by atoms with Gasteiger partial charge in [-0.2, -0.15) is 0 Å². The van der Waals surface area contributed by atoms with Gasteiger partial charge < -0.3 is 0 Å². The lowest BCUT2D eigenvalue weighted by Crippen LogP contribution is -2.02. The second-order valence-corrected chi connectivity index (χ2v) is 5.40. The van der Waals surface area contributed by atoms with E-state index in [0.29, 0.717) is 0 Å². The minimum absolute atomic E-state index is 0.286. The van der Waals surface area contributed by atoms with Gasteiger partial charge in [0.25, 0.3) is 0 Å². The first-order chi connectivity index (χ1) is 12.4. The van der Waals surface area contributed by atoms with Gasteiger partial charge in [-0.3, -0.25) is 4.98 Å². The van der Waals surface area contributed by atoms with Crippen molar-refractivity contribution in [2.75, 3.05) is 0 Å². The number of rotatable bonds is 1. The van der Waals surface area contributed by atoms with Crippen molar-refractivity contribution in [1.29, 1.82) is 0 Å². The number of aromatic nitrogens is 1. The van der Waals surface area contributed by atoms with E-state index in [2.05, 4.69) is 37.5 Å². The maximum atomic E-state index is 12.9. The third kappa shape index (κ3) is 5.15. The van der Waals surface area contributed by atoms with Gasteiger partial charge in [0.15, 0.2) is 23.3 Å². The first kappa shape index (κ1) is 21.4. The fourth-order valence-electron chi connectivity index (χ4n) is 2.02. The fourth-order valence-corrected chi connectivity index (χ4v) is 2.02. The van der Waals surface area contributed by atoms with Gasteiger partial charge in [-0.15, -0.1) is 0 Å². The van der Waals surface area contributed by atoms with Crippen molar-refractivity contribution >= 4 is 17.0 Å². The average molecular weight is 363 g/mol. The van der Waals surface area contributed by atoms with E-state index in [1.165, 1.54) is 11.8 Å². The van der Waals surface area contributed by atoms with Gasteiger partial charge >= 0.3 is 0 Å². The van der Waals surface area contributed by atoms with Crippen molar-refractivity contribution < 1.29 is 17.6 Å². The number of halogens is 4. The number of hydrogen-bond donors (Lipinski definition) is 0. The van der Waals surface area contributed by atoms with Gasteiger partial charge in [0, 0.05) is 17.1 Å². The van der Waals surface area contributed by atoms with E-state index < -0.39 is 23.3 Å². The summed E-state index contributed by atoms with van der Waals surface area (Å²) < 4.78 is 50.8. The first-order valence-electron chi connectivity index (χ1n) is 8.13. The molecule has 0 saturated carbocycles. The molecule has 0 bridgehead atoms. The van der Waals surface area contributed by atoms with Gasteiger partial charge in [0.1, 0.15) is 0 Å². The molecule has 0 aliphatic carbocycles. The van der Waals surface area contributed by atoms with Crippen molar-refractivity contribution in [1.82, 2.24) is 4.98 Å². The van der Waals surface area contributed by atoms with Gasteiger partial charge in [-0.25, -0.2) is 17.6 Å². The fraction of sp³-hybridized carbons (Fsp3) is 0.190. The first-order valence-corrected chi connectivity index (χ1v) is 8.13. The molecule has 0 spiro atoms. The maximum absolute atomic E-state index is 12.9. The summed E-state index contributed by atoms with van der Waals surface area (Å²) in [5.41, 5.74) is 0.424. The highest BCUT2D eigenvalue weighted by molar-refractivity contribution is 5.77. The second kappa shape index (κ2) is 10.3. The predicted octanol–water partition coefficient (Wildman–Crippen LogP) is 6.85. The Morgan fingerprint density at radius 3 is 2.00 bits per heavy atom. The van der Waals surface area contributed by atoms with Crippen LogP contribution in [0.15, 0.2) is 49.2 Å². The van der Waals surface area contributed by atoms with Crippen LogP contribution in [0.4, 0.5) is 17.6 Å². The van der Waals surface area contributed by atoms with Crippen molar-refractivity contribution in [2.45, 2.75) is 27.2 Å². The minimum Gasteiger partial charge on any atom is -0.256 e. The largest absolute Gasteiger partial charge is 0.256 e. The molecule has 3 aromatic rings. The van der Waals surface area contributed by atoms with Crippen LogP contribution in [-0.2, 0) is 0 Å². The summed E-state index contributed by atoms with van der Waals surface area (Å²) in [6, 6.07) is 12.1. The lowest BCUT2D eigenvalue weighted by atomic mass is 10.1. The molecule has 3 rings (SSSR count). The highest BCUT2D eigenvalue weighted by Gasteiger charge is 2.20. The van der Waals surface area contributed by atoms with Crippen LogP contribution in [0.2, 0.25) is 0 Å². The molecule has 0 N–H and O–H groups in total. The molecule has 26 heavy (non-hydrogen) atoms. The molecule has 138 valence electrons. The van der Waals surface area contributed by atoms with Crippen molar-refractivity contribution in [3.8, 4) is 0 Å². The predicted molar refractivity (Wildman–Crippen MR) is 98.8 cm³/mol. The SMILES string of the molecule is C=Cc1c(C)c(F)c(F)c(F)c1F.CCC.c1ccc2ncccc2c1.